The van der Waals surface area contributed by atoms with Crippen LogP contribution in [0.1, 0.15) is 77.8 Å². The van der Waals surface area contributed by atoms with E-state index in [0.29, 0.717) is 17.7 Å². The molecule has 5 aliphatic rings. The predicted octanol–water partition coefficient (Wildman–Crippen LogP) is 6.35. The van der Waals surface area contributed by atoms with Crippen molar-refractivity contribution in [1.29, 1.82) is 0 Å². The van der Waals surface area contributed by atoms with E-state index < -0.39 is 6.04 Å². The first kappa shape index (κ1) is 31.3. The Kier molecular flexibility index (Phi) is 11.1. The summed E-state index contributed by atoms with van der Waals surface area (Å²) in [6.45, 7) is 8.88. The third-order valence-corrected chi connectivity index (χ3v) is 9.20. The number of nitrogens with one attached hydrogen (secondary N) is 2. The summed E-state index contributed by atoms with van der Waals surface area (Å²) in [5.41, 5.74) is 5.61. The molecule has 6 nitrogen and oxygen atoms in total. The van der Waals surface area contributed by atoms with Crippen LogP contribution < -0.4 is 10.6 Å². The minimum Gasteiger partial charge on any atom is -0.394 e. The maximum Gasteiger partial charge on any atom is 0.268 e. The maximum atomic E-state index is 13.4. The number of allylic oxidation sites excluding steroid dienone is 4. The molecule has 41 heavy (non-hydrogen) atoms. The second-order valence-corrected chi connectivity index (χ2v) is 11.9. The molecule has 3 heterocycles. The lowest BCUT2D eigenvalue weighted by Gasteiger charge is -2.45. The van der Waals surface area contributed by atoms with E-state index in [1.54, 1.807) is 11.8 Å². The van der Waals surface area contributed by atoms with Gasteiger partial charge in [0.1, 0.15) is 5.70 Å². The number of rotatable bonds is 8. The van der Waals surface area contributed by atoms with Gasteiger partial charge in [0.25, 0.3) is 5.91 Å². The highest BCUT2D eigenvalue weighted by atomic mass is 32.2. The molecule has 0 spiro atoms. The average molecular weight is 579 g/mol. The van der Waals surface area contributed by atoms with Crippen LogP contribution in [-0.2, 0) is 4.79 Å². The summed E-state index contributed by atoms with van der Waals surface area (Å²) >= 11 is 1.68. The van der Waals surface area contributed by atoms with E-state index in [4.69, 9.17) is 0 Å². The molecule has 3 unspecified atom stereocenters. The highest BCUT2D eigenvalue weighted by molar-refractivity contribution is 7.98. The molecule has 1 amide bonds. The van der Waals surface area contributed by atoms with Crippen molar-refractivity contribution >= 4 is 17.7 Å². The third-order valence-electron chi connectivity index (χ3n) is 8.46. The fraction of sp³-hybridized carbons (Fsp3) is 0.559. The number of aliphatic hydroxyl groups is 1. The first-order valence-electron chi connectivity index (χ1n) is 15.7. The van der Waals surface area contributed by atoms with Crippen LogP contribution >= 0.6 is 11.8 Å². The number of nitrogens with zero attached hydrogens (tertiary/aromatic N) is 2. The number of fused-ring (bicyclic) bond motifs is 1. The number of carbonyl (C=O) groups is 1. The molecule has 1 aromatic carbocycles. The first-order valence-corrected chi connectivity index (χ1v) is 17.0. The van der Waals surface area contributed by atoms with E-state index in [-0.39, 0.29) is 18.6 Å². The van der Waals surface area contributed by atoms with Gasteiger partial charge in [0, 0.05) is 41.6 Å². The minimum atomic E-state index is -0.434. The maximum absolute atomic E-state index is 13.4. The van der Waals surface area contributed by atoms with Gasteiger partial charge in [-0.25, -0.2) is 0 Å². The summed E-state index contributed by atoms with van der Waals surface area (Å²) in [4.78, 5) is 19.2. The number of dihydropyridines is 1. The van der Waals surface area contributed by atoms with E-state index in [9.17, 15) is 9.90 Å². The number of hydrogen-bond donors (Lipinski definition) is 3. The molecule has 3 atom stereocenters. The van der Waals surface area contributed by atoms with Crippen molar-refractivity contribution in [3.05, 3.63) is 76.9 Å². The van der Waals surface area contributed by atoms with Gasteiger partial charge in [-0.1, -0.05) is 39.8 Å². The Hall–Kier alpha value is -2.64. The van der Waals surface area contributed by atoms with Crippen molar-refractivity contribution in [2.75, 3.05) is 26.5 Å². The quantitative estimate of drug-likeness (QED) is 0.313. The van der Waals surface area contributed by atoms with Gasteiger partial charge in [0.15, 0.2) is 0 Å². The van der Waals surface area contributed by atoms with E-state index in [1.807, 2.05) is 71.3 Å². The lowest BCUT2D eigenvalue weighted by molar-refractivity contribution is -0.120. The molecule has 6 rings (SSSR count). The Morgan fingerprint density at radius 2 is 1.78 bits per heavy atom. The summed E-state index contributed by atoms with van der Waals surface area (Å²) in [6, 6.07) is 8.20. The fourth-order valence-electron chi connectivity index (χ4n) is 5.93. The molecule has 7 heteroatoms. The van der Waals surface area contributed by atoms with Gasteiger partial charge >= 0.3 is 0 Å². The molecule has 3 aliphatic heterocycles. The van der Waals surface area contributed by atoms with Gasteiger partial charge in [0.2, 0.25) is 0 Å². The van der Waals surface area contributed by atoms with Gasteiger partial charge in [0.05, 0.1) is 18.7 Å². The molecule has 224 valence electrons. The summed E-state index contributed by atoms with van der Waals surface area (Å²) in [5, 5.41) is 16.9. The molecule has 2 saturated carbocycles. The normalized spacial score (nSPS) is 24.0. The molecule has 3 fully saturated rings. The SMILES string of the molecule is CC.CC.CSc1ccc(C(CO)NC(=O)C2=CC=C3C(CCCN3C3=CC(C4CC4)NC(C4CC4)=C3)N2C)cc1. The number of carbonyl (C=O) groups excluding carboxylic acids is 1. The lowest BCUT2D eigenvalue weighted by atomic mass is 9.94. The molecule has 0 bridgehead atoms. The Bertz CT molecular complexity index is 1160. The zero-order valence-corrected chi connectivity index (χ0v) is 26.6. The second-order valence-electron chi connectivity index (χ2n) is 11.0. The molecule has 3 N–H and O–H groups in total. The zero-order valence-electron chi connectivity index (χ0n) is 25.8. The van der Waals surface area contributed by atoms with E-state index in [1.165, 1.54) is 42.8 Å². The monoisotopic (exact) mass is 578 g/mol. The average Bonchev–Trinajstić information content (AvgIpc) is 3.95. The van der Waals surface area contributed by atoms with Gasteiger partial charge in [-0.05, 0) is 98.6 Å². The Morgan fingerprint density at radius 1 is 1.07 bits per heavy atom. The van der Waals surface area contributed by atoms with Crippen molar-refractivity contribution in [3.63, 3.8) is 0 Å². The Morgan fingerprint density at radius 3 is 2.39 bits per heavy atom. The number of hydrogen-bond acceptors (Lipinski definition) is 6. The van der Waals surface area contributed by atoms with Crippen molar-refractivity contribution < 1.29 is 9.90 Å². The van der Waals surface area contributed by atoms with Crippen molar-refractivity contribution in [1.82, 2.24) is 20.4 Å². The van der Waals surface area contributed by atoms with Crippen LogP contribution in [-0.4, -0.2) is 59.4 Å². The molecular formula is C34H50N4O2S. The topological polar surface area (TPSA) is 67.8 Å². The first-order chi connectivity index (χ1) is 20.1. The second kappa shape index (κ2) is 14.5. The van der Waals surface area contributed by atoms with Crippen molar-refractivity contribution in [2.24, 2.45) is 11.8 Å². The number of likely N-dealkylation sites (tertiary alicyclic amines) is 1. The molecule has 1 saturated heterocycles. The number of piperidine rings is 1. The minimum absolute atomic E-state index is 0.139. The largest absolute Gasteiger partial charge is 0.394 e. The molecule has 2 aliphatic carbocycles. The van der Waals surface area contributed by atoms with E-state index in [2.05, 4.69) is 38.7 Å². The van der Waals surface area contributed by atoms with E-state index >= 15 is 0 Å². The highest BCUT2D eigenvalue weighted by Gasteiger charge is 2.39. The smallest absolute Gasteiger partial charge is 0.268 e. The van der Waals surface area contributed by atoms with Gasteiger partial charge in [-0.15, -0.1) is 11.8 Å². The molecule has 1 aromatic rings. The lowest BCUT2D eigenvalue weighted by Crippen LogP contribution is -2.48. The number of aliphatic hydroxyl groups excluding tert-OH is 1. The molecule has 0 aromatic heterocycles. The summed E-state index contributed by atoms with van der Waals surface area (Å²) in [6.07, 6.45) is 18.4. The summed E-state index contributed by atoms with van der Waals surface area (Å²) in [5.74, 6) is 1.33. The van der Waals surface area contributed by atoms with Gasteiger partial charge < -0.3 is 25.5 Å². The standard InChI is InChI=1S/C30H38N4O2S.2C2H6/c1-33-27-4-3-15-34(22-16-24(19-5-6-19)31-25(17-22)20-7-8-20)28(27)13-14-29(33)30(36)32-26(18-35)21-9-11-23(37-2)12-10-21;2*1-2/h9-14,16-17,19-20,24,26-27,31,35H,3-8,15,18H2,1-2H3,(H,32,36);2*1-2H3. The Labute approximate surface area is 252 Å². The van der Waals surface area contributed by atoms with E-state index in [0.717, 1.165) is 35.8 Å². The van der Waals surface area contributed by atoms with Crippen molar-refractivity contribution in [3.8, 4) is 0 Å². The van der Waals surface area contributed by atoms with Gasteiger partial charge in [-0.3, -0.25) is 4.79 Å². The van der Waals surface area contributed by atoms with Crippen LogP contribution in [0.3, 0.4) is 0 Å². The van der Waals surface area contributed by atoms with Crippen LogP contribution in [0.25, 0.3) is 0 Å². The predicted molar refractivity (Wildman–Crippen MR) is 171 cm³/mol. The van der Waals surface area contributed by atoms with Crippen LogP contribution in [0.4, 0.5) is 0 Å². The molecule has 0 radical (unpaired) electrons. The fourth-order valence-corrected chi connectivity index (χ4v) is 6.34. The number of amides is 1. The Balaban J connectivity index is 0.000000929. The van der Waals surface area contributed by atoms with Crippen LogP contribution in [0.2, 0.25) is 0 Å². The third kappa shape index (κ3) is 7.23. The van der Waals surface area contributed by atoms with Crippen LogP contribution in [0.15, 0.2) is 76.3 Å². The van der Waals surface area contributed by atoms with Crippen LogP contribution in [0.5, 0.6) is 0 Å². The highest BCUT2D eigenvalue weighted by Crippen LogP contribution is 2.43. The summed E-state index contributed by atoms with van der Waals surface area (Å²) in [7, 11) is 2.03. The summed E-state index contributed by atoms with van der Waals surface area (Å²) < 4.78 is 0. The van der Waals surface area contributed by atoms with Crippen LogP contribution in [0, 0.1) is 11.8 Å². The van der Waals surface area contributed by atoms with Crippen molar-refractivity contribution in [2.45, 2.75) is 89.2 Å². The zero-order chi connectivity index (χ0) is 29.5. The number of benzene rings is 1. The molecular weight excluding hydrogens is 528 g/mol. The number of likely N-dealkylation sites (N-methyl/N-ethyl adjacent to an activating group) is 1. The number of thioether (sulfide) groups is 1. The van der Waals surface area contributed by atoms with Gasteiger partial charge in [-0.2, -0.15) is 0 Å².